The van der Waals surface area contributed by atoms with E-state index >= 15 is 0 Å². The number of carbonyl (C=O) groups excluding carboxylic acids is 1. The monoisotopic (exact) mass is 302 g/mol. The molecule has 0 saturated carbocycles. The van der Waals surface area contributed by atoms with Crippen LogP contribution in [0.1, 0.15) is 24.6 Å². The van der Waals surface area contributed by atoms with E-state index in [-0.39, 0.29) is 24.2 Å². The SMILES string of the molecule is CC(CNC(=O)C1CCCNC1)Cc1cccs1.Cl. The number of halogens is 1. The Morgan fingerprint density at radius 2 is 2.47 bits per heavy atom. The van der Waals surface area contributed by atoms with Crippen molar-refractivity contribution in [2.45, 2.75) is 26.2 Å². The van der Waals surface area contributed by atoms with Gasteiger partial charge in [-0.2, -0.15) is 0 Å². The lowest BCUT2D eigenvalue weighted by molar-refractivity contribution is -0.125. The molecule has 2 heterocycles. The predicted octanol–water partition coefficient (Wildman–Crippen LogP) is 2.46. The molecule has 1 saturated heterocycles. The largest absolute Gasteiger partial charge is 0.356 e. The number of amides is 1. The highest BCUT2D eigenvalue weighted by molar-refractivity contribution is 7.09. The smallest absolute Gasteiger partial charge is 0.224 e. The van der Waals surface area contributed by atoms with E-state index in [1.165, 1.54) is 4.88 Å². The molecule has 2 atom stereocenters. The number of hydrogen-bond donors (Lipinski definition) is 2. The zero-order chi connectivity index (χ0) is 12.8. The van der Waals surface area contributed by atoms with Gasteiger partial charge in [0.1, 0.15) is 0 Å². The molecule has 2 unspecified atom stereocenters. The van der Waals surface area contributed by atoms with Crippen LogP contribution in [0.4, 0.5) is 0 Å². The van der Waals surface area contributed by atoms with Crippen molar-refractivity contribution in [3.05, 3.63) is 22.4 Å². The summed E-state index contributed by atoms with van der Waals surface area (Å²) in [6.45, 7) is 4.87. The maximum Gasteiger partial charge on any atom is 0.224 e. The molecular formula is C14H23ClN2OS. The normalized spacial score (nSPS) is 20.4. The van der Waals surface area contributed by atoms with Gasteiger partial charge in [-0.05, 0) is 43.2 Å². The third-order valence-corrected chi connectivity index (χ3v) is 4.32. The van der Waals surface area contributed by atoms with E-state index in [4.69, 9.17) is 0 Å². The van der Waals surface area contributed by atoms with Crippen LogP contribution in [0.15, 0.2) is 17.5 Å². The molecule has 1 amide bonds. The maximum atomic E-state index is 12.0. The minimum absolute atomic E-state index is 0. The first kappa shape index (κ1) is 16.5. The second-order valence-electron chi connectivity index (χ2n) is 5.18. The van der Waals surface area contributed by atoms with Gasteiger partial charge in [-0.1, -0.05) is 13.0 Å². The molecule has 2 rings (SSSR count). The first-order valence-electron chi connectivity index (χ1n) is 6.76. The molecule has 3 nitrogen and oxygen atoms in total. The quantitative estimate of drug-likeness (QED) is 0.877. The van der Waals surface area contributed by atoms with Gasteiger partial charge in [0.15, 0.2) is 0 Å². The number of piperidine rings is 1. The molecule has 19 heavy (non-hydrogen) atoms. The highest BCUT2D eigenvalue weighted by atomic mass is 35.5. The molecule has 1 aromatic rings. The number of thiophene rings is 1. The summed E-state index contributed by atoms with van der Waals surface area (Å²) in [5.41, 5.74) is 0. The maximum absolute atomic E-state index is 12.0. The Hall–Kier alpha value is -0.580. The molecule has 0 radical (unpaired) electrons. The van der Waals surface area contributed by atoms with E-state index in [1.54, 1.807) is 11.3 Å². The fourth-order valence-corrected chi connectivity index (χ4v) is 3.21. The van der Waals surface area contributed by atoms with Crippen LogP contribution in [0.3, 0.4) is 0 Å². The van der Waals surface area contributed by atoms with E-state index in [0.29, 0.717) is 5.92 Å². The van der Waals surface area contributed by atoms with E-state index in [1.807, 2.05) is 0 Å². The fourth-order valence-electron chi connectivity index (χ4n) is 2.34. The summed E-state index contributed by atoms with van der Waals surface area (Å²) in [6.07, 6.45) is 3.20. The summed E-state index contributed by atoms with van der Waals surface area (Å²) < 4.78 is 0. The fraction of sp³-hybridized carbons (Fsp3) is 0.643. The third kappa shape index (κ3) is 5.51. The lowest BCUT2D eigenvalue weighted by Gasteiger charge is -2.22. The molecule has 1 aromatic heterocycles. The molecule has 0 aliphatic carbocycles. The van der Waals surface area contributed by atoms with Crippen molar-refractivity contribution in [1.29, 1.82) is 0 Å². The molecule has 1 fully saturated rings. The van der Waals surface area contributed by atoms with Crippen LogP contribution >= 0.6 is 23.7 Å². The van der Waals surface area contributed by atoms with Crippen LogP contribution in [-0.2, 0) is 11.2 Å². The van der Waals surface area contributed by atoms with Crippen molar-refractivity contribution < 1.29 is 4.79 Å². The average Bonchev–Trinajstić information content (AvgIpc) is 2.90. The Kier molecular flexibility index (Phi) is 7.42. The van der Waals surface area contributed by atoms with Gasteiger partial charge in [0.2, 0.25) is 5.91 Å². The van der Waals surface area contributed by atoms with Crippen LogP contribution in [0.5, 0.6) is 0 Å². The Balaban J connectivity index is 0.00000180. The van der Waals surface area contributed by atoms with Crippen molar-refractivity contribution in [2.75, 3.05) is 19.6 Å². The molecule has 1 aliphatic heterocycles. The summed E-state index contributed by atoms with van der Waals surface area (Å²) in [6, 6.07) is 4.24. The topological polar surface area (TPSA) is 41.1 Å². The van der Waals surface area contributed by atoms with Gasteiger partial charge >= 0.3 is 0 Å². The summed E-state index contributed by atoms with van der Waals surface area (Å²) in [5.74, 6) is 0.900. The molecule has 0 bridgehead atoms. The van der Waals surface area contributed by atoms with Crippen LogP contribution < -0.4 is 10.6 Å². The Morgan fingerprint density at radius 3 is 3.11 bits per heavy atom. The Morgan fingerprint density at radius 1 is 1.63 bits per heavy atom. The summed E-state index contributed by atoms with van der Waals surface area (Å²) in [4.78, 5) is 13.4. The molecule has 108 valence electrons. The van der Waals surface area contributed by atoms with E-state index in [0.717, 1.165) is 38.9 Å². The van der Waals surface area contributed by atoms with E-state index in [2.05, 4.69) is 35.1 Å². The lowest BCUT2D eigenvalue weighted by Crippen LogP contribution is -2.41. The highest BCUT2D eigenvalue weighted by Gasteiger charge is 2.20. The van der Waals surface area contributed by atoms with Gasteiger partial charge in [0, 0.05) is 18.0 Å². The lowest BCUT2D eigenvalue weighted by atomic mass is 9.98. The molecule has 0 aromatic carbocycles. The molecule has 1 aliphatic rings. The first-order chi connectivity index (χ1) is 8.75. The van der Waals surface area contributed by atoms with Crippen LogP contribution in [0.2, 0.25) is 0 Å². The van der Waals surface area contributed by atoms with Crippen molar-refractivity contribution in [1.82, 2.24) is 10.6 Å². The van der Waals surface area contributed by atoms with Gasteiger partial charge < -0.3 is 10.6 Å². The predicted molar refractivity (Wildman–Crippen MR) is 83.0 cm³/mol. The second kappa shape index (κ2) is 8.56. The van der Waals surface area contributed by atoms with Gasteiger partial charge in [-0.15, -0.1) is 23.7 Å². The van der Waals surface area contributed by atoms with Gasteiger partial charge in [0.05, 0.1) is 5.92 Å². The number of carbonyl (C=O) groups is 1. The summed E-state index contributed by atoms with van der Waals surface area (Å²) >= 11 is 1.79. The standard InChI is InChI=1S/C14H22N2OS.ClH/c1-11(8-13-5-3-7-18-13)9-16-14(17)12-4-2-6-15-10-12;/h3,5,7,11-12,15H,2,4,6,8-10H2,1H3,(H,16,17);1H. The van der Waals surface area contributed by atoms with Crippen molar-refractivity contribution >= 4 is 29.7 Å². The Bertz CT molecular complexity index is 364. The van der Waals surface area contributed by atoms with Crippen LogP contribution in [-0.4, -0.2) is 25.5 Å². The summed E-state index contributed by atoms with van der Waals surface area (Å²) in [7, 11) is 0. The van der Waals surface area contributed by atoms with Crippen molar-refractivity contribution in [3.63, 3.8) is 0 Å². The van der Waals surface area contributed by atoms with Crippen LogP contribution in [0, 0.1) is 11.8 Å². The first-order valence-corrected chi connectivity index (χ1v) is 7.64. The highest BCUT2D eigenvalue weighted by Crippen LogP contribution is 2.14. The third-order valence-electron chi connectivity index (χ3n) is 3.42. The second-order valence-corrected chi connectivity index (χ2v) is 6.21. The van der Waals surface area contributed by atoms with Gasteiger partial charge in [-0.25, -0.2) is 0 Å². The van der Waals surface area contributed by atoms with Crippen molar-refractivity contribution in [2.24, 2.45) is 11.8 Å². The number of hydrogen-bond acceptors (Lipinski definition) is 3. The summed E-state index contributed by atoms with van der Waals surface area (Å²) in [5, 5.41) is 8.48. The molecule has 5 heteroatoms. The molecule has 2 N–H and O–H groups in total. The van der Waals surface area contributed by atoms with Gasteiger partial charge in [-0.3, -0.25) is 4.79 Å². The van der Waals surface area contributed by atoms with Crippen molar-refractivity contribution in [3.8, 4) is 0 Å². The number of rotatable bonds is 5. The number of nitrogens with one attached hydrogen (secondary N) is 2. The molecular weight excluding hydrogens is 280 g/mol. The zero-order valence-electron chi connectivity index (χ0n) is 11.4. The minimum atomic E-state index is 0. The van der Waals surface area contributed by atoms with E-state index in [9.17, 15) is 4.79 Å². The van der Waals surface area contributed by atoms with Gasteiger partial charge in [0.25, 0.3) is 0 Å². The van der Waals surface area contributed by atoms with E-state index < -0.39 is 0 Å². The van der Waals surface area contributed by atoms with Crippen LogP contribution in [0.25, 0.3) is 0 Å². The average molecular weight is 303 g/mol. The Labute approximate surface area is 125 Å². The minimum Gasteiger partial charge on any atom is -0.356 e. The zero-order valence-corrected chi connectivity index (χ0v) is 13.0. The molecule has 0 spiro atoms.